The Morgan fingerprint density at radius 2 is 2.29 bits per heavy atom. The first-order chi connectivity index (χ1) is 10.1. The van der Waals surface area contributed by atoms with Crippen molar-refractivity contribution in [1.82, 2.24) is 14.8 Å². The molecule has 2 atom stereocenters. The zero-order valence-corrected chi connectivity index (χ0v) is 13.4. The topological polar surface area (TPSA) is 51.6 Å². The van der Waals surface area contributed by atoms with Gasteiger partial charge in [-0.3, -0.25) is 4.90 Å². The fourth-order valence-corrected chi connectivity index (χ4v) is 2.95. The van der Waals surface area contributed by atoms with Crippen LogP contribution in [0.25, 0.3) is 0 Å². The first-order valence-electron chi connectivity index (χ1n) is 7.84. The van der Waals surface area contributed by atoms with Crippen molar-refractivity contribution in [2.45, 2.75) is 38.5 Å². The van der Waals surface area contributed by atoms with Gasteiger partial charge in [0, 0.05) is 44.0 Å². The van der Waals surface area contributed by atoms with Crippen molar-refractivity contribution in [3.8, 4) is 0 Å². The highest BCUT2D eigenvalue weighted by molar-refractivity contribution is 5.43. The number of hydrogen-bond donors (Lipinski definition) is 2. The molecule has 0 radical (unpaired) electrons. The molecule has 1 aliphatic rings. The fourth-order valence-electron chi connectivity index (χ4n) is 2.95. The van der Waals surface area contributed by atoms with E-state index in [2.05, 4.69) is 47.2 Å². The molecular weight excluding hydrogens is 264 g/mol. The van der Waals surface area contributed by atoms with E-state index >= 15 is 0 Å². The van der Waals surface area contributed by atoms with Crippen LogP contribution >= 0.6 is 0 Å². The number of likely N-dealkylation sites (N-methyl/N-ethyl adjacent to an activating group) is 1. The average molecular weight is 292 g/mol. The minimum absolute atomic E-state index is 0.210. The number of hydrogen-bond acceptors (Lipinski definition) is 5. The van der Waals surface area contributed by atoms with Crippen LogP contribution in [0.1, 0.15) is 25.3 Å². The molecule has 1 saturated heterocycles. The van der Waals surface area contributed by atoms with E-state index in [4.69, 9.17) is 0 Å². The Balaban J connectivity index is 2.05. The summed E-state index contributed by atoms with van der Waals surface area (Å²) < 4.78 is 0. The lowest BCUT2D eigenvalue weighted by Crippen LogP contribution is -2.37. The number of rotatable bonds is 7. The van der Waals surface area contributed by atoms with Crippen LogP contribution in [0.3, 0.4) is 0 Å². The second-order valence-corrected chi connectivity index (χ2v) is 6.17. The van der Waals surface area contributed by atoms with Crippen LogP contribution in [0.5, 0.6) is 0 Å². The summed E-state index contributed by atoms with van der Waals surface area (Å²) >= 11 is 0. The highest BCUT2D eigenvalue weighted by Gasteiger charge is 2.31. The maximum absolute atomic E-state index is 9.98. The van der Waals surface area contributed by atoms with Crippen molar-refractivity contribution in [3.05, 3.63) is 23.9 Å². The summed E-state index contributed by atoms with van der Waals surface area (Å²) in [5.41, 5.74) is 1.21. The number of pyridine rings is 1. The summed E-state index contributed by atoms with van der Waals surface area (Å²) in [6.07, 6.45) is 3.56. The van der Waals surface area contributed by atoms with Crippen LogP contribution in [0.2, 0.25) is 0 Å². The quantitative estimate of drug-likeness (QED) is 0.795. The summed E-state index contributed by atoms with van der Waals surface area (Å²) in [5, 5.41) is 13.4. The van der Waals surface area contributed by atoms with Crippen LogP contribution in [0.15, 0.2) is 18.3 Å². The summed E-state index contributed by atoms with van der Waals surface area (Å²) in [7, 11) is 4.17. The van der Waals surface area contributed by atoms with Gasteiger partial charge >= 0.3 is 0 Å². The second-order valence-electron chi connectivity index (χ2n) is 6.17. The maximum Gasteiger partial charge on any atom is 0.130 e. The molecule has 1 aromatic heterocycles. The number of anilines is 1. The lowest BCUT2D eigenvalue weighted by molar-refractivity contribution is 0.169. The summed E-state index contributed by atoms with van der Waals surface area (Å²) in [6, 6.07) is 4.52. The van der Waals surface area contributed by atoms with Crippen LogP contribution in [-0.4, -0.2) is 65.8 Å². The minimum atomic E-state index is -0.210. The number of β-amino-alcohol motifs (C(OH)–C–C–N with tert-alkyl or cyclic N) is 1. The molecule has 0 saturated carbocycles. The van der Waals surface area contributed by atoms with Crippen molar-refractivity contribution in [2.24, 2.45) is 0 Å². The van der Waals surface area contributed by atoms with Crippen LogP contribution < -0.4 is 5.32 Å². The first kappa shape index (κ1) is 16.2. The van der Waals surface area contributed by atoms with E-state index in [1.807, 2.05) is 12.3 Å². The predicted octanol–water partition coefficient (Wildman–Crippen LogP) is 1.40. The molecule has 2 rings (SSSR count). The number of aromatic nitrogens is 1. The van der Waals surface area contributed by atoms with E-state index in [-0.39, 0.29) is 6.10 Å². The lowest BCUT2D eigenvalue weighted by atomic mass is 10.1. The van der Waals surface area contributed by atoms with E-state index in [0.29, 0.717) is 6.04 Å². The van der Waals surface area contributed by atoms with Crippen molar-refractivity contribution >= 4 is 5.82 Å². The average Bonchev–Trinajstić information content (AvgIpc) is 2.77. The van der Waals surface area contributed by atoms with Crippen LogP contribution in [0, 0.1) is 0 Å². The number of aliphatic hydroxyl groups is 1. The van der Waals surface area contributed by atoms with Crippen molar-refractivity contribution in [2.75, 3.05) is 39.0 Å². The van der Waals surface area contributed by atoms with Crippen molar-refractivity contribution in [1.29, 1.82) is 0 Å². The Morgan fingerprint density at radius 3 is 3.00 bits per heavy atom. The Bertz CT molecular complexity index is 438. The Kier molecular flexibility index (Phi) is 5.96. The number of aliphatic hydroxyl groups excluding tert-OH is 1. The molecule has 2 unspecified atom stereocenters. The molecule has 2 N–H and O–H groups in total. The molecule has 0 aromatic carbocycles. The molecule has 1 aromatic rings. The summed E-state index contributed by atoms with van der Waals surface area (Å²) in [4.78, 5) is 9.02. The molecule has 5 heteroatoms. The summed E-state index contributed by atoms with van der Waals surface area (Å²) in [6.45, 7) is 5.67. The van der Waals surface area contributed by atoms with Gasteiger partial charge in [0.15, 0.2) is 0 Å². The Labute approximate surface area is 128 Å². The van der Waals surface area contributed by atoms with Crippen LogP contribution in [0.4, 0.5) is 5.82 Å². The monoisotopic (exact) mass is 292 g/mol. The van der Waals surface area contributed by atoms with Crippen LogP contribution in [-0.2, 0) is 6.54 Å². The molecule has 1 aliphatic heterocycles. The van der Waals surface area contributed by atoms with Gasteiger partial charge in [-0.1, -0.05) is 13.0 Å². The third-order valence-corrected chi connectivity index (χ3v) is 3.89. The fraction of sp³-hybridized carbons (Fsp3) is 0.688. The zero-order valence-electron chi connectivity index (χ0n) is 13.4. The largest absolute Gasteiger partial charge is 0.392 e. The van der Waals surface area contributed by atoms with Gasteiger partial charge in [0.25, 0.3) is 0 Å². The van der Waals surface area contributed by atoms with Gasteiger partial charge in [-0.25, -0.2) is 4.98 Å². The SMILES string of the molecule is CCCNc1ncccc1CN1CC(O)CC1CN(C)C. The van der Waals surface area contributed by atoms with Gasteiger partial charge in [-0.05, 0) is 33.0 Å². The van der Waals surface area contributed by atoms with Gasteiger partial charge in [0.05, 0.1) is 6.10 Å². The van der Waals surface area contributed by atoms with E-state index in [9.17, 15) is 5.11 Å². The summed E-state index contributed by atoms with van der Waals surface area (Å²) in [5.74, 6) is 0.976. The van der Waals surface area contributed by atoms with E-state index in [0.717, 1.165) is 44.8 Å². The minimum Gasteiger partial charge on any atom is -0.392 e. The number of nitrogens with zero attached hydrogens (tertiary/aromatic N) is 3. The molecule has 5 nitrogen and oxygen atoms in total. The standard InChI is InChI=1S/C16H28N4O/c1-4-7-17-16-13(6-5-8-18-16)10-20-12-15(21)9-14(20)11-19(2)3/h5-6,8,14-15,21H,4,7,9-12H2,1-3H3,(H,17,18). The number of nitrogens with one attached hydrogen (secondary N) is 1. The number of likely N-dealkylation sites (tertiary alicyclic amines) is 1. The molecule has 0 amide bonds. The molecule has 118 valence electrons. The highest BCUT2D eigenvalue weighted by Crippen LogP contribution is 2.23. The van der Waals surface area contributed by atoms with Gasteiger partial charge in [0.1, 0.15) is 5.82 Å². The lowest BCUT2D eigenvalue weighted by Gasteiger charge is -2.27. The molecule has 0 spiro atoms. The third-order valence-electron chi connectivity index (χ3n) is 3.89. The van der Waals surface area contributed by atoms with E-state index < -0.39 is 0 Å². The zero-order chi connectivity index (χ0) is 15.2. The smallest absolute Gasteiger partial charge is 0.130 e. The second kappa shape index (κ2) is 7.73. The molecule has 0 aliphatic carbocycles. The molecule has 2 heterocycles. The van der Waals surface area contributed by atoms with E-state index in [1.165, 1.54) is 5.56 Å². The van der Waals surface area contributed by atoms with Crippen molar-refractivity contribution in [3.63, 3.8) is 0 Å². The van der Waals surface area contributed by atoms with Gasteiger partial charge in [0.2, 0.25) is 0 Å². The normalized spacial score (nSPS) is 22.9. The Hall–Kier alpha value is -1.17. The molecule has 1 fully saturated rings. The predicted molar refractivity (Wildman–Crippen MR) is 86.4 cm³/mol. The van der Waals surface area contributed by atoms with Gasteiger partial charge in [-0.15, -0.1) is 0 Å². The molecular formula is C16H28N4O. The Morgan fingerprint density at radius 1 is 1.48 bits per heavy atom. The van der Waals surface area contributed by atoms with E-state index in [1.54, 1.807) is 0 Å². The first-order valence-corrected chi connectivity index (χ1v) is 7.84. The molecule has 0 bridgehead atoms. The van der Waals surface area contributed by atoms with Crippen molar-refractivity contribution < 1.29 is 5.11 Å². The molecule has 21 heavy (non-hydrogen) atoms. The highest BCUT2D eigenvalue weighted by atomic mass is 16.3. The maximum atomic E-state index is 9.98. The van der Waals surface area contributed by atoms with Gasteiger partial charge < -0.3 is 15.3 Å². The third kappa shape index (κ3) is 4.66. The van der Waals surface area contributed by atoms with Gasteiger partial charge in [-0.2, -0.15) is 0 Å².